The van der Waals surface area contributed by atoms with Crippen LogP contribution in [0.15, 0.2) is 66.9 Å². The van der Waals surface area contributed by atoms with Crippen LogP contribution < -0.4 is 10.5 Å². The van der Waals surface area contributed by atoms with Crippen LogP contribution >= 0.6 is 0 Å². The number of amides is 1. The second-order valence-electron chi connectivity index (χ2n) is 6.85. The van der Waals surface area contributed by atoms with Gasteiger partial charge in [-0.3, -0.25) is 4.79 Å². The monoisotopic (exact) mass is 455 g/mol. The van der Waals surface area contributed by atoms with E-state index in [2.05, 4.69) is 10.7 Å². The summed E-state index contributed by atoms with van der Waals surface area (Å²) in [6.07, 6.45) is 2.86. The van der Waals surface area contributed by atoms with E-state index in [4.69, 9.17) is 4.74 Å². The first-order valence-corrected chi connectivity index (χ1v) is 10.4. The predicted molar refractivity (Wildman–Crippen MR) is 122 cm³/mol. The SMILES string of the molecule is CN.COc1ncccc1C(=O)N(CC=O)C1CCc2c(F)cc(F)cc21.c1ccccc1. The Morgan fingerprint density at radius 1 is 1.15 bits per heavy atom. The fourth-order valence-electron chi connectivity index (χ4n) is 3.63. The molecular weight excluding hydrogens is 428 g/mol. The van der Waals surface area contributed by atoms with Crippen molar-refractivity contribution in [1.82, 2.24) is 9.88 Å². The molecule has 0 saturated carbocycles. The zero-order valence-corrected chi connectivity index (χ0v) is 18.6. The Hall–Kier alpha value is -3.65. The molecule has 174 valence electrons. The van der Waals surface area contributed by atoms with Gasteiger partial charge in [0.25, 0.3) is 5.91 Å². The summed E-state index contributed by atoms with van der Waals surface area (Å²) in [6.45, 7) is -0.195. The highest BCUT2D eigenvalue weighted by Gasteiger charge is 2.34. The summed E-state index contributed by atoms with van der Waals surface area (Å²) in [6, 6.07) is 16.6. The number of fused-ring (bicyclic) bond motifs is 1. The third kappa shape index (κ3) is 6.43. The number of hydrogen-bond donors (Lipinski definition) is 1. The van der Waals surface area contributed by atoms with E-state index in [0.29, 0.717) is 30.3 Å². The van der Waals surface area contributed by atoms with Crippen LogP contribution in [0.1, 0.15) is 33.9 Å². The minimum absolute atomic E-state index is 0.132. The van der Waals surface area contributed by atoms with Gasteiger partial charge in [-0.1, -0.05) is 36.4 Å². The number of nitrogens with zero attached hydrogens (tertiary/aromatic N) is 2. The highest BCUT2D eigenvalue weighted by molar-refractivity contribution is 5.97. The molecule has 2 N–H and O–H groups in total. The van der Waals surface area contributed by atoms with E-state index < -0.39 is 23.6 Å². The van der Waals surface area contributed by atoms with Gasteiger partial charge in [-0.2, -0.15) is 0 Å². The molecule has 1 atom stereocenters. The van der Waals surface area contributed by atoms with Crippen molar-refractivity contribution in [3.8, 4) is 5.88 Å². The van der Waals surface area contributed by atoms with Gasteiger partial charge in [0, 0.05) is 12.3 Å². The number of ether oxygens (including phenoxy) is 1. The Labute approximate surface area is 192 Å². The van der Waals surface area contributed by atoms with E-state index in [0.717, 1.165) is 6.07 Å². The van der Waals surface area contributed by atoms with Gasteiger partial charge >= 0.3 is 0 Å². The number of pyridine rings is 1. The van der Waals surface area contributed by atoms with Gasteiger partial charge in [0.15, 0.2) is 0 Å². The third-order valence-corrected chi connectivity index (χ3v) is 4.99. The second-order valence-corrected chi connectivity index (χ2v) is 6.85. The highest BCUT2D eigenvalue weighted by atomic mass is 19.1. The summed E-state index contributed by atoms with van der Waals surface area (Å²) < 4.78 is 32.7. The maximum Gasteiger partial charge on any atom is 0.260 e. The molecule has 0 fully saturated rings. The molecule has 2 aromatic carbocycles. The Morgan fingerprint density at radius 3 is 2.36 bits per heavy atom. The Kier molecular flexibility index (Phi) is 10.1. The molecule has 0 saturated heterocycles. The quantitative estimate of drug-likeness (QED) is 0.589. The zero-order chi connectivity index (χ0) is 24.2. The van der Waals surface area contributed by atoms with Crippen molar-refractivity contribution in [2.45, 2.75) is 18.9 Å². The van der Waals surface area contributed by atoms with Gasteiger partial charge in [0.05, 0.1) is 19.7 Å². The molecule has 1 aliphatic rings. The van der Waals surface area contributed by atoms with Crippen molar-refractivity contribution in [2.75, 3.05) is 20.7 Å². The minimum atomic E-state index is -0.708. The second kappa shape index (κ2) is 13.0. The van der Waals surface area contributed by atoms with E-state index in [9.17, 15) is 18.4 Å². The Bertz CT molecular complexity index is 1020. The lowest BCUT2D eigenvalue weighted by Crippen LogP contribution is -2.36. The molecule has 1 aliphatic carbocycles. The van der Waals surface area contributed by atoms with Crippen LogP contribution in [0, 0.1) is 11.6 Å². The standard InChI is InChI=1S/C18H16F2N2O3.C6H6.CH5N/c1-25-17-13(3-2-6-21-17)18(24)22(7-8-23)16-5-4-12-14(16)9-11(19)10-15(12)20;1-2-4-6-5-3-1;1-2/h2-3,6,8-10,16H,4-5,7H2,1H3;1-6H;2H2,1H3. The predicted octanol–water partition coefficient (Wildman–Crippen LogP) is 3.96. The number of carbonyl (C=O) groups is 2. The molecule has 4 rings (SSSR count). The zero-order valence-electron chi connectivity index (χ0n) is 18.6. The molecule has 1 heterocycles. The molecule has 6 nitrogen and oxygen atoms in total. The van der Waals surface area contributed by atoms with Crippen molar-refractivity contribution < 1.29 is 23.1 Å². The first-order chi connectivity index (χ1) is 16.1. The maximum absolute atomic E-state index is 14.0. The molecule has 33 heavy (non-hydrogen) atoms. The lowest BCUT2D eigenvalue weighted by atomic mass is 10.0. The number of hydrogen-bond acceptors (Lipinski definition) is 5. The van der Waals surface area contributed by atoms with E-state index >= 15 is 0 Å². The Balaban J connectivity index is 0.000000411. The van der Waals surface area contributed by atoms with Gasteiger partial charge < -0.3 is 20.2 Å². The van der Waals surface area contributed by atoms with Crippen LogP contribution in [0.5, 0.6) is 5.88 Å². The van der Waals surface area contributed by atoms with Gasteiger partial charge in [-0.25, -0.2) is 13.8 Å². The molecule has 1 aromatic heterocycles. The van der Waals surface area contributed by atoms with Crippen molar-refractivity contribution >= 4 is 12.2 Å². The number of nitrogens with two attached hydrogens (primary N) is 1. The molecule has 1 amide bonds. The summed E-state index contributed by atoms with van der Waals surface area (Å²) >= 11 is 0. The summed E-state index contributed by atoms with van der Waals surface area (Å²) in [4.78, 5) is 29.3. The third-order valence-electron chi connectivity index (χ3n) is 4.99. The molecule has 0 aliphatic heterocycles. The Morgan fingerprint density at radius 2 is 1.79 bits per heavy atom. The van der Waals surface area contributed by atoms with E-state index in [1.165, 1.54) is 37.4 Å². The molecular formula is C25H27F2N3O3. The van der Waals surface area contributed by atoms with Crippen LogP contribution in [0.4, 0.5) is 8.78 Å². The number of benzene rings is 2. The first kappa shape index (κ1) is 25.6. The van der Waals surface area contributed by atoms with Gasteiger partial charge in [-0.05, 0) is 49.2 Å². The minimum Gasteiger partial charge on any atom is -0.480 e. The van der Waals surface area contributed by atoms with Crippen LogP contribution in [0.25, 0.3) is 0 Å². The number of carbonyl (C=O) groups excluding carboxylic acids is 2. The lowest BCUT2D eigenvalue weighted by Gasteiger charge is -2.28. The van der Waals surface area contributed by atoms with Crippen molar-refractivity contribution in [2.24, 2.45) is 5.73 Å². The molecule has 8 heteroatoms. The molecule has 0 radical (unpaired) electrons. The molecule has 1 unspecified atom stereocenters. The fraction of sp³-hybridized carbons (Fsp3) is 0.240. The molecule has 0 spiro atoms. The first-order valence-electron chi connectivity index (χ1n) is 10.4. The van der Waals surface area contributed by atoms with Crippen molar-refractivity contribution in [1.29, 1.82) is 0 Å². The van der Waals surface area contributed by atoms with Gasteiger partial charge in [0.2, 0.25) is 5.88 Å². The van der Waals surface area contributed by atoms with Crippen molar-refractivity contribution in [3.63, 3.8) is 0 Å². The number of aldehydes is 1. The largest absolute Gasteiger partial charge is 0.480 e. The van der Waals surface area contributed by atoms with Crippen LogP contribution in [-0.2, 0) is 11.2 Å². The number of aromatic nitrogens is 1. The van der Waals surface area contributed by atoms with Crippen LogP contribution in [0.2, 0.25) is 0 Å². The summed E-state index contributed by atoms with van der Waals surface area (Å²) in [7, 11) is 2.89. The smallest absolute Gasteiger partial charge is 0.260 e. The number of methoxy groups -OCH3 is 1. The topological polar surface area (TPSA) is 85.5 Å². The molecule has 3 aromatic rings. The van der Waals surface area contributed by atoms with Crippen LogP contribution in [0.3, 0.4) is 0 Å². The average molecular weight is 456 g/mol. The maximum atomic E-state index is 14.0. The van der Waals surface area contributed by atoms with Crippen LogP contribution in [-0.4, -0.2) is 42.8 Å². The van der Waals surface area contributed by atoms with Gasteiger partial charge in [-0.15, -0.1) is 0 Å². The van der Waals surface area contributed by atoms with Gasteiger partial charge in [0.1, 0.15) is 23.5 Å². The van der Waals surface area contributed by atoms with E-state index in [1.54, 1.807) is 6.07 Å². The highest BCUT2D eigenvalue weighted by Crippen LogP contribution is 2.38. The molecule has 0 bridgehead atoms. The summed E-state index contributed by atoms with van der Waals surface area (Å²) in [5.41, 5.74) is 5.47. The average Bonchev–Trinajstić information content (AvgIpc) is 3.28. The lowest BCUT2D eigenvalue weighted by molar-refractivity contribution is -0.108. The van der Waals surface area contributed by atoms with E-state index in [1.807, 2.05) is 36.4 Å². The summed E-state index contributed by atoms with van der Waals surface area (Å²) in [5, 5.41) is 0. The number of rotatable bonds is 5. The fourth-order valence-corrected chi connectivity index (χ4v) is 3.63. The number of halogens is 2. The normalized spacial score (nSPS) is 13.4. The van der Waals surface area contributed by atoms with Crippen molar-refractivity contribution in [3.05, 3.63) is 95.2 Å². The summed E-state index contributed by atoms with van der Waals surface area (Å²) in [5.74, 6) is -1.68. The van der Waals surface area contributed by atoms with E-state index in [-0.39, 0.29) is 18.0 Å².